The molecule has 0 aromatic rings. The molecule has 0 amide bonds. The summed E-state index contributed by atoms with van der Waals surface area (Å²) in [5.74, 6) is -0.375. The summed E-state index contributed by atoms with van der Waals surface area (Å²) in [5, 5.41) is 0. The van der Waals surface area contributed by atoms with Crippen molar-refractivity contribution in [1.29, 1.82) is 0 Å². The number of carbonyl (C=O) groups excluding carboxylic acids is 6. The molecule has 0 aliphatic rings. The van der Waals surface area contributed by atoms with Crippen molar-refractivity contribution in [2.75, 3.05) is 0 Å². The number of hydrogen-bond donors (Lipinski definition) is 0. The third kappa shape index (κ3) is 51.3. The summed E-state index contributed by atoms with van der Waals surface area (Å²) in [4.78, 5) is 60.2. The maximum Gasteiger partial charge on any atom is 0.137 e. The SMILES string of the molecule is CC(=O)CC(C)=O.CC(=O)CC(C)=O.CC(=O)CC(C)=O.[V]. The van der Waals surface area contributed by atoms with Gasteiger partial charge in [0.1, 0.15) is 34.7 Å². The maximum atomic E-state index is 10.0. The van der Waals surface area contributed by atoms with Gasteiger partial charge < -0.3 is 0 Å². The normalized spacial score (nSPS) is 7.91. The summed E-state index contributed by atoms with van der Waals surface area (Å²) < 4.78 is 0. The van der Waals surface area contributed by atoms with Gasteiger partial charge in [-0.2, -0.15) is 0 Å². The van der Waals surface area contributed by atoms with Crippen LogP contribution < -0.4 is 0 Å². The molecule has 1 radical (unpaired) electrons. The van der Waals surface area contributed by atoms with Crippen molar-refractivity contribution in [1.82, 2.24) is 0 Å². The first-order chi connectivity index (χ1) is 9.38. The van der Waals surface area contributed by atoms with Gasteiger partial charge in [0.05, 0.1) is 19.3 Å². The van der Waals surface area contributed by atoms with E-state index in [9.17, 15) is 28.8 Å². The average molecular weight is 351 g/mol. The van der Waals surface area contributed by atoms with Crippen molar-refractivity contribution < 1.29 is 47.3 Å². The molecule has 0 bridgehead atoms. The molecule has 0 saturated heterocycles. The van der Waals surface area contributed by atoms with Crippen LogP contribution in [-0.4, -0.2) is 34.7 Å². The van der Waals surface area contributed by atoms with Gasteiger partial charge in [0.2, 0.25) is 0 Å². The van der Waals surface area contributed by atoms with Crippen LogP contribution in [0.5, 0.6) is 0 Å². The van der Waals surface area contributed by atoms with Crippen LogP contribution in [0.15, 0.2) is 0 Å². The Morgan fingerprint density at radius 3 is 0.500 bits per heavy atom. The fourth-order valence-corrected chi connectivity index (χ4v) is 1.05. The molecule has 0 rings (SSSR count). The van der Waals surface area contributed by atoms with Crippen LogP contribution in [0.1, 0.15) is 60.8 Å². The second kappa shape index (κ2) is 17.7. The Labute approximate surface area is 143 Å². The molecule has 6 nitrogen and oxygen atoms in total. The molecule has 0 fully saturated rings. The first-order valence-electron chi connectivity index (χ1n) is 6.35. The Bertz CT molecular complexity index is 314. The summed E-state index contributed by atoms with van der Waals surface area (Å²) >= 11 is 0. The van der Waals surface area contributed by atoms with Gasteiger partial charge in [-0.1, -0.05) is 0 Å². The topological polar surface area (TPSA) is 102 Å². The van der Waals surface area contributed by atoms with Crippen LogP contribution in [0.4, 0.5) is 0 Å². The molecule has 22 heavy (non-hydrogen) atoms. The molecule has 0 atom stereocenters. The van der Waals surface area contributed by atoms with Crippen LogP contribution >= 0.6 is 0 Å². The first kappa shape index (κ1) is 28.7. The summed E-state index contributed by atoms with van der Waals surface area (Å²) in [6.07, 6.45) is 0.250. The minimum absolute atomic E-state index is 0. The van der Waals surface area contributed by atoms with E-state index in [0.29, 0.717) is 0 Å². The Balaban J connectivity index is -0.000000108. The zero-order valence-electron chi connectivity index (χ0n) is 14.0. The van der Waals surface area contributed by atoms with E-state index in [4.69, 9.17) is 0 Å². The smallest absolute Gasteiger partial charge is 0.137 e. The summed E-state index contributed by atoms with van der Waals surface area (Å²) in [6.45, 7) is 8.42. The predicted octanol–water partition coefficient (Wildman–Crippen LogP) is 1.66. The monoisotopic (exact) mass is 351 g/mol. The molecule has 0 aromatic heterocycles. The third-order valence-corrected chi connectivity index (χ3v) is 1.49. The molecule has 0 spiro atoms. The summed E-state index contributed by atoms with van der Waals surface area (Å²) in [6, 6.07) is 0. The van der Waals surface area contributed by atoms with E-state index in [-0.39, 0.29) is 72.5 Å². The van der Waals surface area contributed by atoms with E-state index in [1.54, 1.807) is 0 Å². The Morgan fingerprint density at radius 2 is 0.500 bits per heavy atom. The Hall–Kier alpha value is -1.40. The fourth-order valence-electron chi connectivity index (χ4n) is 1.05. The van der Waals surface area contributed by atoms with E-state index >= 15 is 0 Å². The van der Waals surface area contributed by atoms with E-state index in [0.717, 1.165) is 0 Å². The van der Waals surface area contributed by atoms with Crippen LogP contribution in [0.2, 0.25) is 0 Å². The van der Waals surface area contributed by atoms with Gasteiger partial charge in [0.15, 0.2) is 0 Å². The summed E-state index contributed by atoms with van der Waals surface area (Å²) in [5.41, 5.74) is 0. The van der Waals surface area contributed by atoms with Gasteiger partial charge in [-0.05, 0) is 41.5 Å². The van der Waals surface area contributed by atoms with Crippen LogP contribution in [-0.2, 0) is 47.3 Å². The average Bonchev–Trinajstić information content (AvgIpc) is 2.10. The molecule has 0 heterocycles. The molecule has 0 saturated carbocycles. The zero-order chi connectivity index (χ0) is 17.6. The molecule has 0 aliphatic heterocycles. The van der Waals surface area contributed by atoms with Crippen molar-refractivity contribution in [3.8, 4) is 0 Å². The van der Waals surface area contributed by atoms with Crippen molar-refractivity contribution in [2.45, 2.75) is 60.8 Å². The Kier molecular flexibility index (Phi) is 23.1. The van der Waals surface area contributed by atoms with Crippen molar-refractivity contribution in [3.05, 3.63) is 0 Å². The first-order valence-corrected chi connectivity index (χ1v) is 6.35. The van der Waals surface area contributed by atoms with Crippen LogP contribution in [0.3, 0.4) is 0 Å². The van der Waals surface area contributed by atoms with E-state index in [2.05, 4.69) is 0 Å². The van der Waals surface area contributed by atoms with E-state index in [1.165, 1.54) is 41.5 Å². The molecule has 125 valence electrons. The van der Waals surface area contributed by atoms with Crippen molar-refractivity contribution in [3.63, 3.8) is 0 Å². The molecule has 0 unspecified atom stereocenters. The Morgan fingerprint density at radius 1 is 0.409 bits per heavy atom. The molecular weight excluding hydrogens is 327 g/mol. The number of rotatable bonds is 6. The molecule has 0 aliphatic carbocycles. The van der Waals surface area contributed by atoms with E-state index in [1.807, 2.05) is 0 Å². The fraction of sp³-hybridized carbons (Fsp3) is 0.600. The molecule has 0 aromatic carbocycles. The van der Waals surface area contributed by atoms with Gasteiger partial charge in [0.25, 0.3) is 0 Å². The maximum absolute atomic E-state index is 10.0. The van der Waals surface area contributed by atoms with Crippen molar-refractivity contribution in [2.24, 2.45) is 0 Å². The largest absolute Gasteiger partial charge is 0.300 e. The zero-order valence-corrected chi connectivity index (χ0v) is 15.4. The minimum atomic E-state index is -0.0625. The van der Waals surface area contributed by atoms with E-state index < -0.39 is 0 Å². The van der Waals surface area contributed by atoms with Crippen LogP contribution in [0, 0.1) is 0 Å². The molecule has 0 N–H and O–H groups in total. The van der Waals surface area contributed by atoms with Crippen molar-refractivity contribution >= 4 is 34.7 Å². The molecule has 7 heteroatoms. The van der Waals surface area contributed by atoms with Gasteiger partial charge in [0, 0.05) is 18.6 Å². The molecular formula is C15H24O6V. The second-order valence-electron chi connectivity index (χ2n) is 4.74. The quantitative estimate of drug-likeness (QED) is 0.674. The minimum Gasteiger partial charge on any atom is -0.300 e. The van der Waals surface area contributed by atoms with Gasteiger partial charge in [-0.25, -0.2) is 0 Å². The number of hydrogen-bond acceptors (Lipinski definition) is 6. The summed E-state index contributed by atoms with van der Waals surface area (Å²) in [7, 11) is 0. The number of Topliss-reactive ketones (excluding diaryl/α,β-unsaturated/α-hetero) is 6. The third-order valence-electron chi connectivity index (χ3n) is 1.49. The van der Waals surface area contributed by atoms with Gasteiger partial charge >= 0.3 is 0 Å². The number of ketones is 6. The van der Waals surface area contributed by atoms with Gasteiger partial charge in [-0.15, -0.1) is 0 Å². The second-order valence-corrected chi connectivity index (χ2v) is 4.74. The predicted molar refractivity (Wildman–Crippen MR) is 77.9 cm³/mol. The number of carbonyl (C=O) groups is 6. The van der Waals surface area contributed by atoms with Crippen LogP contribution in [0.25, 0.3) is 0 Å². The van der Waals surface area contributed by atoms with Gasteiger partial charge in [-0.3, -0.25) is 28.8 Å². The standard InChI is InChI=1S/3C5H8O2.V/c3*1-4(6)3-5(2)7;/h3*3H2,1-2H3;.